The molecule has 0 unspecified atom stereocenters. The van der Waals surface area contributed by atoms with E-state index < -0.39 is 0 Å². The molecule has 19 heavy (non-hydrogen) atoms. The van der Waals surface area contributed by atoms with Crippen LogP contribution in [0.2, 0.25) is 0 Å². The summed E-state index contributed by atoms with van der Waals surface area (Å²) in [5.41, 5.74) is 9.31. The number of thiazole rings is 1. The SMILES string of the molecule is Cc1c(N)cccc1N1CCN(c2nccs2)CC1. The van der Waals surface area contributed by atoms with Crippen molar-refractivity contribution in [1.82, 2.24) is 4.98 Å². The normalized spacial score (nSPS) is 15.8. The van der Waals surface area contributed by atoms with E-state index in [0.29, 0.717) is 0 Å². The first-order valence-electron chi connectivity index (χ1n) is 6.50. The molecular weight excluding hydrogens is 256 g/mol. The predicted molar refractivity (Wildman–Crippen MR) is 82.1 cm³/mol. The number of hydrogen-bond acceptors (Lipinski definition) is 5. The lowest BCUT2D eigenvalue weighted by atomic mass is 10.1. The van der Waals surface area contributed by atoms with Gasteiger partial charge in [-0.05, 0) is 24.6 Å². The Labute approximate surface area is 117 Å². The fourth-order valence-corrected chi connectivity index (χ4v) is 3.19. The number of rotatable bonds is 2. The van der Waals surface area contributed by atoms with E-state index in [-0.39, 0.29) is 0 Å². The van der Waals surface area contributed by atoms with E-state index in [1.807, 2.05) is 23.7 Å². The van der Waals surface area contributed by atoms with Gasteiger partial charge in [-0.2, -0.15) is 0 Å². The first-order chi connectivity index (χ1) is 9.25. The molecule has 100 valence electrons. The Morgan fingerprint density at radius 1 is 1.16 bits per heavy atom. The second kappa shape index (κ2) is 5.09. The summed E-state index contributed by atoms with van der Waals surface area (Å²) in [6, 6.07) is 6.15. The molecule has 1 aliphatic heterocycles. The third-order valence-electron chi connectivity index (χ3n) is 3.66. The fourth-order valence-electron chi connectivity index (χ4n) is 2.49. The lowest BCUT2D eigenvalue weighted by Crippen LogP contribution is -2.46. The van der Waals surface area contributed by atoms with Crippen LogP contribution in [0, 0.1) is 6.92 Å². The number of aromatic nitrogens is 1. The maximum Gasteiger partial charge on any atom is 0.185 e. The van der Waals surface area contributed by atoms with Crippen molar-refractivity contribution in [3.63, 3.8) is 0 Å². The third kappa shape index (κ3) is 2.38. The molecule has 1 saturated heterocycles. The van der Waals surface area contributed by atoms with Gasteiger partial charge in [-0.15, -0.1) is 11.3 Å². The number of nitrogens with zero attached hydrogens (tertiary/aromatic N) is 3. The third-order valence-corrected chi connectivity index (χ3v) is 4.49. The zero-order valence-electron chi connectivity index (χ0n) is 11.0. The second-order valence-corrected chi connectivity index (χ2v) is 5.65. The van der Waals surface area contributed by atoms with Crippen LogP contribution in [0.25, 0.3) is 0 Å². The van der Waals surface area contributed by atoms with Crippen molar-refractivity contribution in [2.75, 3.05) is 41.7 Å². The van der Waals surface area contributed by atoms with Crippen LogP contribution in [-0.4, -0.2) is 31.2 Å². The molecule has 3 rings (SSSR count). The Morgan fingerprint density at radius 2 is 1.89 bits per heavy atom. The highest BCUT2D eigenvalue weighted by Crippen LogP contribution is 2.27. The lowest BCUT2D eigenvalue weighted by molar-refractivity contribution is 0.651. The highest BCUT2D eigenvalue weighted by molar-refractivity contribution is 7.13. The summed E-state index contributed by atoms with van der Waals surface area (Å²) >= 11 is 1.71. The Hall–Kier alpha value is -1.75. The highest BCUT2D eigenvalue weighted by Gasteiger charge is 2.20. The molecule has 0 bridgehead atoms. The smallest absolute Gasteiger partial charge is 0.185 e. The minimum absolute atomic E-state index is 0.875. The van der Waals surface area contributed by atoms with Crippen molar-refractivity contribution in [3.8, 4) is 0 Å². The first kappa shape index (κ1) is 12.3. The van der Waals surface area contributed by atoms with Crippen LogP contribution in [0.4, 0.5) is 16.5 Å². The maximum absolute atomic E-state index is 5.99. The average Bonchev–Trinajstić information content (AvgIpc) is 2.96. The van der Waals surface area contributed by atoms with Crippen molar-refractivity contribution < 1.29 is 0 Å². The summed E-state index contributed by atoms with van der Waals surface area (Å²) in [4.78, 5) is 9.14. The quantitative estimate of drug-likeness (QED) is 0.854. The van der Waals surface area contributed by atoms with Crippen molar-refractivity contribution in [3.05, 3.63) is 35.3 Å². The van der Waals surface area contributed by atoms with E-state index in [1.54, 1.807) is 11.3 Å². The van der Waals surface area contributed by atoms with Gasteiger partial charge in [-0.1, -0.05) is 6.07 Å². The number of anilines is 3. The molecule has 4 nitrogen and oxygen atoms in total. The van der Waals surface area contributed by atoms with E-state index in [1.165, 1.54) is 11.3 Å². The second-order valence-electron chi connectivity index (χ2n) is 4.78. The van der Waals surface area contributed by atoms with Gasteiger partial charge in [0, 0.05) is 49.1 Å². The summed E-state index contributed by atoms with van der Waals surface area (Å²) in [5, 5.41) is 3.16. The molecule has 5 heteroatoms. The number of benzene rings is 1. The van der Waals surface area contributed by atoms with Gasteiger partial charge in [0.2, 0.25) is 0 Å². The summed E-state index contributed by atoms with van der Waals surface area (Å²) in [7, 11) is 0. The van der Waals surface area contributed by atoms with Gasteiger partial charge >= 0.3 is 0 Å². The molecule has 1 aromatic heterocycles. The van der Waals surface area contributed by atoms with Crippen molar-refractivity contribution >= 4 is 27.8 Å². The Kier molecular flexibility index (Phi) is 3.29. The van der Waals surface area contributed by atoms with Crippen LogP contribution >= 0.6 is 11.3 Å². The molecule has 2 N–H and O–H groups in total. The predicted octanol–water partition coefficient (Wildman–Crippen LogP) is 2.36. The van der Waals surface area contributed by atoms with E-state index in [2.05, 4.69) is 27.8 Å². The van der Waals surface area contributed by atoms with Crippen LogP contribution in [0.3, 0.4) is 0 Å². The van der Waals surface area contributed by atoms with Gasteiger partial charge in [0.25, 0.3) is 0 Å². The van der Waals surface area contributed by atoms with Crippen molar-refractivity contribution in [2.24, 2.45) is 0 Å². The summed E-state index contributed by atoms with van der Waals surface area (Å²) in [6.07, 6.45) is 1.87. The Balaban J connectivity index is 1.72. The molecule has 0 radical (unpaired) electrons. The Morgan fingerprint density at radius 3 is 2.58 bits per heavy atom. The molecule has 2 heterocycles. The van der Waals surface area contributed by atoms with Gasteiger partial charge in [0.1, 0.15) is 0 Å². The van der Waals surface area contributed by atoms with Crippen molar-refractivity contribution in [2.45, 2.75) is 6.92 Å². The molecule has 0 spiro atoms. The van der Waals surface area contributed by atoms with Gasteiger partial charge in [-0.25, -0.2) is 4.98 Å². The molecule has 1 aromatic carbocycles. The number of nitrogen functional groups attached to an aromatic ring is 1. The van der Waals surface area contributed by atoms with Gasteiger partial charge in [0.15, 0.2) is 5.13 Å². The molecule has 2 aromatic rings. The summed E-state index contributed by atoms with van der Waals surface area (Å²) in [5.74, 6) is 0. The standard InChI is InChI=1S/C14H18N4S/c1-11-12(15)3-2-4-13(11)17-6-8-18(9-7-17)14-16-5-10-19-14/h2-5,10H,6-9,15H2,1H3. The molecule has 0 aliphatic carbocycles. The van der Waals surface area contributed by atoms with E-state index in [0.717, 1.165) is 37.0 Å². The lowest BCUT2D eigenvalue weighted by Gasteiger charge is -2.36. The molecular formula is C14H18N4S. The van der Waals surface area contributed by atoms with E-state index in [9.17, 15) is 0 Å². The van der Waals surface area contributed by atoms with Crippen molar-refractivity contribution in [1.29, 1.82) is 0 Å². The van der Waals surface area contributed by atoms with Gasteiger partial charge < -0.3 is 15.5 Å². The highest BCUT2D eigenvalue weighted by atomic mass is 32.1. The van der Waals surface area contributed by atoms with Gasteiger partial charge in [-0.3, -0.25) is 0 Å². The zero-order chi connectivity index (χ0) is 13.2. The van der Waals surface area contributed by atoms with E-state index in [4.69, 9.17) is 5.73 Å². The largest absolute Gasteiger partial charge is 0.398 e. The monoisotopic (exact) mass is 274 g/mol. The van der Waals surface area contributed by atoms with Crippen LogP contribution in [-0.2, 0) is 0 Å². The number of nitrogens with two attached hydrogens (primary N) is 1. The molecule has 0 saturated carbocycles. The summed E-state index contributed by atoms with van der Waals surface area (Å²) < 4.78 is 0. The first-order valence-corrected chi connectivity index (χ1v) is 7.38. The minimum Gasteiger partial charge on any atom is -0.398 e. The van der Waals surface area contributed by atoms with Crippen LogP contribution in [0.15, 0.2) is 29.8 Å². The number of piperazine rings is 1. The molecule has 0 atom stereocenters. The molecule has 0 amide bonds. The maximum atomic E-state index is 5.99. The zero-order valence-corrected chi connectivity index (χ0v) is 11.9. The number of hydrogen-bond donors (Lipinski definition) is 1. The molecule has 1 fully saturated rings. The van der Waals surface area contributed by atoms with Crippen LogP contribution in [0.5, 0.6) is 0 Å². The fraction of sp³-hybridized carbons (Fsp3) is 0.357. The van der Waals surface area contributed by atoms with Gasteiger partial charge in [0.05, 0.1) is 0 Å². The Bertz CT molecular complexity index is 545. The van der Waals surface area contributed by atoms with Crippen LogP contribution in [0.1, 0.15) is 5.56 Å². The summed E-state index contributed by atoms with van der Waals surface area (Å²) in [6.45, 7) is 6.16. The topological polar surface area (TPSA) is 45.4 Å². The minimum atomic E-state index is 0.875. The average molecular weight is 274 g/mol. The van der Waals surface area contributed by atoms with Crippen LogP contribution < -0.4 is 15.5 Å². The molecule has 1 aliphatic rings. The van der Waals surface area contributed by atoms with E-state index >= 15 is 0 Å².